The lowest BCUT2D eigenvalue weighted by Crippen LogP contribution is -2.58. The quantitative estimate of drug-likeness (QED) is 0.356. The van der Waals surface area contributed by atoms with Crippen LogP contribution in [0.5, 0.6) is 0 Å². The van der Waals surface area contributed by atoms with Crippen molar-refractivity contribution in [3.05, 3.63) is 58.6 Å². The van der Waals surface area contributed by atoms with E-state index in [4.69, 9.17) is 9.47 Å². The summed E-state index contributed by atoms with van der Waals surface area (Å²) in [6.45, 7) is 5.97. The lowest BCUT2D eigenvalue weighted by atomic mass is 9.74. The molecular weight excluding hydrogens is 618 g/mol. The average molecular weight is 659 g/mol. The molecule has 0 aliphatic carbocycles. The number of hydrogen-bond donors (Lipinski definition) is 2. The van der Waals surface area contributed by atoms with Crippen LogP contribution in [0.4, 0.5) is 0 Å². The van der Waals surface area contributed by atoms with Gasteiger partial charge in [-0.05, 0) is 37.3 Å². The Morgan fingerprint density at radius 3 is 2.56 bits per heavy atom. The molecule has 1 spiro atoms. The first-order valence-corrected chi connectivity index (χ1v) is 15.8. The number of carbonyl (C=O) groups is 4. The molecule has 3 amide bonds. The number of halogens is 1. The van der Waals surface area contributed by atoms with Crippen LogP contribution in [0.1, 0.15) is 45.6 Å². The molecule has 5 bridgehead atoms. The number of hydrogen-bond acceptors (Lipinski definition) is 7. The fourth-order valence-electron chi connectivity index (χ4n) is 6.83. The van der Waals surface area contributed by atoms with Crippen LogP contribution < -0.4 is 5.32 Å². The summed E-state index contributed by atoms with van der Waals surface area (Å²) in [6, 6.07) is 7.80. The number of aliphatic hydroxyl groups excluding tert-OH is 1. The number of esters is 1. The van der Waals surface area contributed by atoms with E-state index in [-0.39, 0.29) is 50.4 Å². The van der Waals surface area contributed by atoms with Crippen molar-refractivity contribution >= 4 is 39.6 Å². The molecule has 0 aromatic heterocycles. The molecule has 4 aliphatic rings. The van der Waals surface area contributed by atoms with E-state index in [9.17, 15) is 24.3 Å². The number of benzene rings is 1. The maximum Gasteiger partial charge on any atom is 0.313 e. The lowest BCUT2D eigenvalue weighted by Gasteiger charge is -2.39. The zero-order chi connectivity index (χ0) is 30.9. The Hall–Kier alpha value is -3.02. The van der Waals surface area contributed by atoms with Gasteiger partial charge in [0.25, 0.3) is 0 Å². The molecule has 2 N–H and O–H groups in total. The normalized spacial score (nSPS) is 32.9. The van der Waals surface area contributed by atoms with Crippen LogP contribution in [0.3, 0.4) is 0 Å². The molecule has 0 unspecified atom stereocenters. The Kier molecular flexibility index (Phi) is 9.43. The Labute approximate surface area is 260 Å². The molecule has 10 nitrogen and oxygen atoms in total. The van der Waals surface area contributed by atoms with E-state index in [1.807, 2.05) is 56.3 Å². The third-order valence-electron chi connectivity index (χ3n) is 8.68. The van der Waals surface area contributed by atoms with Gasteiger partial charge in [-0.1, -0.05) is 72.3 Å². The molecule has 7 atom stereocenters. The molecule has 5 rings (SSSR count). The Balaban J connectivity index is 1.62. The average Bonchev–Trinajstić information content (AvgIpc) is 3.57. The number of fused-ring (bicyclic) bond motifs is 2. The first kappa shape index (κ1) is 31.4. The number of rotatable bonds is 6. The Morgan fingerprint density at radius 2 is 1.86 bits per heavy atom. The van der Waals surface area contributed by atoms with Crippen LogP contribution in [0.25, 0.3) is 0 Å². The number of likely N-dealkylation sites (tertiary alicyclic amines) is 1. The molecule has 11 heteroatoms. The number of ether oxygens (including phenoxy) is 2. The molecular formula is C32H40BrN3O7. The van der Waals surface area contributed by atoms with E-state index in [2.05, 4.69) is 21.2 Å². The highest BCUT2D eigenvalue weighted by Gasteiger charge is 2.75. The number of aliphatic hydroxyl groups is 1. The summed E-state index contributed by atoms with van der Waals surface area (Å²) < 4.78 is 12.9. The van der Waals surface area contributed by atoms with E-state index >= 15 is 0 Å². The highest BCUT2D eigenvalue weighted by Crippen LogP contribution is 2.59. The standard InChI is InChI=1S/C32H40BrN3O7/c1-19(2)14-22(18-37)36-28-30(40)35(17-21-10-6-4-7-11-21)13-9-5-8-12-24(38)34-16-20(3)42-31(41)25-26(29(36)39)32(28)15-23(33)27(25)43-32/h4-7,9-11,15,19-20,22,25-28,37H,8,12-14,16-18H2,1-3H3,(H,34,38)/b9-5-/t20-,22-,25+,26-,27+,28+,32-/m1/s1. The second kappa shape index (κ2) is 12.9. The predicted octanol–water partition coefficient (Wildman–Crippen LogP) is 2.69. The van der Waals surface area contributed by atoms with E-state index in [1.54, 1.807) is 17.9 Å². The third kappa shape index (κ3) is 6.04. The minimum atomic E-state index is -1.42. The van der Waals surface area contributed by atoms with Crippen molar-refractivity contribution in [1.29, 1.82) is 0 Å². The van der Waals surface area contributed by atoms with Gasteiger partial charge in [0, 0.05) is 24.0 Å². The number of cyclic esters (lactones) is 1. The molecule has 2 fully saturated rings. The molecule has 0 radical (unpaired) electrons. The fraction of sp³-hybridized carbons (Fsp3) is 0.562. The molecule has 1 aromatic rings. The van der Waals surface area contributed by atoms with Crippen molar-refractivity contribution in [2.24, 2.45) is 17.8 Å². The van der Waals surface area contributed by atoms with Crippen LogP contribution in [0.15, 0.2) is 53.0 Å². The number of allylic oxidation sites excluding steroid dienone is 1. The van der Waals surface area contributed by atoms with Crippen molar-refractivity contribution in [2.45, 2.75) is 76.5 Å². The van der Waals surface area contributed by atoms with Crippen LogP contribution >= 0.6 is 15.9 Å². The summed E-state index contributed by atoms with van der Waals surface area (Å²) in [5.74, 6) is -3.42. The van der Waals surface area contributed by atoms with Gasteiger partial charge in [0.05, 0.1) is 25.1 Å². The molecule has 0 saturated carbocycles. The number of amides is 3. The second-order valence-electron chi connectivity index (χ2n) is 12.3. The van der Waals surface area contributed by atoms with Crippen molar-refractivity contribution in [1.82, 2.24) is 15.1 Å². The van der Waals surface area contributed by atoms with E-state index in [0.29, 0.717) is 17.3 Å². The number of carbonyl (C=O) groups excluding carboxylic acids is 4. The maximum atomic E-state index is 14.8. The summed E-state index contributed by atoms with van der Waals surface area (Å²) in [5.41, 5.74) is -0.514. The van der Waals surface area contributed by atoms with Gasteiger partial charge in [-0.3, -0.25) is 19.2 Å². The molecule has 232 valence electrons. The summed E-state index contributed by atoms with van der Waals surface area (Å²) in [7, 11) is 0. The number of nitrogens with one attached hydrogen (secondary N) is 1. The summed E-state index contributed by atoms with van der Waals surface area (Å²) in [6.07, 6.45) is 5.25. The van der Waals surface area contributed by atoms with Crippen molar-refractivity contribution in [2.75, 3.05) is 19.7 Å². The fourth-order valence-corrected chi connectivity index (χ4v) is 7.56. The molecule has 4 heterocycles. The summed E-state index contributed by atoms with van der Waals surface area (Å²) in [4.78, 5) is 58.5. The minimum absolute atomic E-state index is 0.129. The van der Waals surface area contributed by atoms with Crippen LogP contribution in [-0.4, -0.2) is 88.2 Å². The second-order valence-corrected chi connectivity index (χ2v) is 13.2. The van der Waals surface area contributed by atoms with Gasteiger partial charge in [-0.15, -0.1) is 0 Å². The monoisotopic (exact) mass is 657 g/mol. The molecule has 2 saturated heterocycles. The van der Waals surface area contributed by atoms with Gasteiger partial charge in [-0.2, -0.15) is 0 Å². The van der Waals surface area contributed by atoms with E-state index < -0.39 is 53.6 Å². The van der Waals surface area contributed by atoms with Gasteiger partial charge in [-0.25, -0.2) is 0 Å². The molecule has 43 heavy (non-hydrogen) atoms. The van der Waals surface area contributed by atoms with Crippen LogP contribution in [0, 0.1) is 17.8 Å². The van der Waals surface area contributed by atoms with E-state index in [0.717, 1.165) is 5.56 Å². The van der Waals surface area contributed by atoms with Gasteiger partial charge < -0.3 is 29.7 Å². The topological polar surface area (TPSA) is 125 Å². The zero-order valence-corrected chi connectivity index (χ0v) is 26.4. The van der Waals surface area contributed by atoms with Gasteiger partial charge >= 0.3 is 5.97 Å². The minimum Gasteiger partial charge on any atom is -0.460 e. The lowest BCUT2D eigenvalue weighted by molar-refractivity contribution is -0.159. The highest BCUT2D eigenvalue weighted by molar-refractivity contribution is 9.11. The van der Waals surface area contributed by atoms with Crippen molar-refractivity contribution in [3.63, 3.8) is 0 Å². The Bertz CT molecular complexity index is 1300. The van der Waals surface area contributed by atoms with E-state index in [1.165, 1.54) is 4.90 Å². The first-order chi connectivity index (χ1) is 20.6. The zero-order valence-electron chi connectivity index (χ0n) is 24.8. The maximum absolute atomic E-state index is 14.8. The summed E-state index contributed by atoms with van der Waals surface area (Å²) in [5, 5.41) is 13.3. The largest absolute Gasteiger partial charge is 0.460 e. The first-order valence-electron chi connectivity index (χ1n) is 15.0. The Morgan fingerprint density at radius 1 is 1.12 bits per heavy atom. The van der Waals surface area contributed by atoms with Crippen LogP contribution in [-0.2, 0) is 35.2 Å². The predicted molar refractivity (Wildman–Crippen MR) is 161 cm³/mol. The SMILES string of the molecule is CC(C)C[C@H](CO)N1C(=O)[C@H]2[C@@H]3C(=O)O[C@H](C)CNC(=O)CC/C=C\CN(Cc4ccccc4)C(=O)[C@H]1[C@@]21C=C(Br)[C@@H]3O1. The van der Waals surface area contributed by atoms with Crippen molar-refractivity contribution < 1.29 is 33.8 Å². The molecule has 1 aromatic carbocycles. The summed E-state index contributed by atoms with van der Waals surface area (Å²) >= 11 is 3.56. The smallest absolute Gasteiger partial charge is 0.313 e. The van der Waals surface area contributed by atoms with Gasteiger partial charge in [0.1, 0.15) is 29.8 Å². The van der Waals surface area contributed by atoms with Gasteiger partial charge in [0.2, 0.25) is 17.7 Å². The van der Waals surface area contributed by atoms with Crippen LogP contribution in [0.2, 0.25) is 0 Å². The highest BCUT2D eigenvalue weighted by atomic mass is 79.9. The van der Waals surface area contributed by atoms with Gasteiger partial charge in [0.15, 0.2) is 0 Å². The van der Waals surface area contributed by atoms with Crippen molar-refractivity contribution in [3.8, 4) is 0 Å². The molecule has 4 aliphatic heterocycles. The number of nitrogens with zero attached hydrogens (tertiary/aromatic N) is 2. The third-order valence-corrected chi connectivity index (χ3v) is 9.36.